The molecule has 1 aromatic carbocycles. The summed E-state index contributed by atoms with van der Waals surface area (Å²) in [5.41, 5.74) is 1.82. The first-order chi connectivity index (χ1) is 16.9. The van der Waals surface area contributed by atoms with E-state index >= 15 is 0 Å². The molecule has 10 nitrogen and oxygen atoms in total. The van der Waals surface area contributed by atoms with Crippen LogP contribution >= 0.6 is 0 Å². The van der Waals surface area contributed by atoms with E-state index < -0.39 is 11.4 Å². The Kier molecular flexibility index (Phi) is 8.53. The summed E-state index contributed by atoms with van der Waals surface area (Å²) in [5.74, 6) is 1.72. The van der Waals surface area contributed by atoms with Crippen molar-refractivity contribution in [3.05, 3.63) is 41.7 Å². The quantitative estimate of drug-likeness (QED) is 0.556. The lowest BCUT2D eigenvalue weighted by atomic mass is 10.0. The van der Waals surface area contributed by atoms with Crippen molar-refractivity contribution in [1.29, 1.82) is 0 Å². The van der Waals surface area contributed by atoms with Gasteiger partial charge in [0.2, 0.25) is 11.8 Å². The summed E-state index contributed by atoms with van der Waals surface area (Å²) in [6.45, 7) is 7.52. The minimum absolute atomic E-state index is 0.0518. The van der Waals surface area contributed by atoms with E-state index in [1.54, 1.807) is 4.90 Å². The number of amides is 1. The maximum Gasteiger partial charge on any atom is 0.410 e. The van der Waals surface area contributed by atoms with Gasteiger partial charge < -0.3 is 19.1 Å². The fourth-order valence-electron chi connectivity index (χ4n) is 3.87. The van der Waals surface area contributed by atoms with Gasteiger partial charge in [-0.05, 0) is 44.9 Å². The molecular formula is C24H31N3O7S. The van der Waals surface area contributed by atoms with Gasteiger partial charge in [-0.1, -0.05) is 12.1 Å². The molecule has 4 rings (SSSR count). The SMILES string of the molecule is Cc1c(Oc2ccc(CC3COS(=O)OC3)cc2)ncnc1OC1CCN(C(=O)OC(C)C)CC1. The third-order valence-corrected chi connectivity index (χ3v) is 6.43. The Morgan fingerprint density at radius 2 is 1.77 bits per heavy atom. The Bertz CT molecular complexity index is 1020. The molecule has 2 saturated heterocycles. The van der Waals surface area contributed by atoms with Crippen LogP contribution in [-0.2, 0) is 30.9 Å². The molecule has 2 aliphatic rings. The van der Waals surface area contributed by atoms with Crippen LogP contribution in [0.25, 0.3) is 0 Å². The van der Waals surface area contributed by atoms with E-state index in [4.69, 9.17) is 22.6 Å². The zero-order valence-electron chi connectivity index (χ0n) is 20.2. The van der Waals surface area contributed by atoms with Crippen molar-refractivity contribution in [3.63, 3.8) is 0 Å². The molecule has 2 aromatic rings. The molecule has 35 heavy (non-hydrogen) atoms. The lowest BCUT2D eigenvalue weighted by molar-refractivity contribution is 0.0505. The van der Waals surface area contributed by atoms with Gasteiger partial charge in [-0.15, -0.1) is 0 Å². The molecule has 0 aliphatic carbocycles. The third-order valence-electron chi connectivity index (χ3n) is 5.77. The van der Waals surface area contributed by atoms with E-state index in [1.165, 1.54) is 6.33 Å². The summed E-state index contributed by atoms with van der Waals surface area (Å²) >= 11 is -1.62. The van der Waals surface area contributed by atoms with Crippen molar-refractivity contribution in [1.82, 2.24) is 14.9 Å². The van der Waals surface area contributed by atoms with Gasteiger partial charge in [0.25, 0.3) is 0 Å². The molecule has 0 bridgehead atoms. The molecule has 0 unspecified atom stereocenters. The summed E-state index contributed by atoms with van der Waals surface area (Å²) in [7, 11) is 0. The average Bonchev–Trinajstić information content (AvgIpc) is 2.84. The molecule has 0 radical (unpaired) electrons. The Balaban J connectivity index is 1.30. The van der Waals surface area contributed by atoms with Gasteiger partial charge in [0.1, 0.15) is 18.2 Å². The molecule has 3 heterocycles. The van der Waals surface area contributed by atoms with Crippen molar-refractivity contribution >= 4 is 17.5 Å². The van der Waals surface area contributed by atoms with Crippen LogP contribution in [0.5, 0.6) is 17.5 Å². The van der Waals surface area contributed by atoms with Crippen molar-refractivity contribution in [2.75, 3.05) is 26.3 Å². The highest BCUT2D eigenvalue weighted by Gasteiger charge is 2.26. The topological polar surface area (TPSA) is 109 Å². The summed E-state index contributed by atoms with van der Waals surface area (Å²) in [4.78, 5) is 22.3. The summed E-state index contributed by atoms with van der Waals surface area (Å²) in [6, 6.07) is 7.72. The Hall–Kier alpha value is -2.76. The number of carbonyl (C=O) groups excluding carboxylic acids is 1. The molecule has 2 aliphatic heterocycles. The zero-order chi connectivity index (χ0) is 24.8. The van der Waals surface area contributed by atoms with Crippen LogP contribution in [0.2, 0.25) is 0 Å². The van der Waals surface area contributed by atoms with E-state index in [0.29, 0.717) is 62.2 Å². The minimum Gasteiger partial charge on any atom is -0.474 e. The smallest absolute Gasteiger partial charge is 0.410 e. The predicted molar refractivity (Wildman–Crippen MR) is 127 cm³/mol. The fourth-order valence-corrected chi connectivity index (χ4v) is 4.55. The first-order valence-electron chi connectivity index (χ1n) is 11.8. The highest BCUT2D eigenvalue weighted by molar-refractivity contribution is 7.75. The van der Waals surface area contributed by atoms with E-state index in [0.717, 1.165) is 12.0 Å². The molecule has 0 spiro atoms. The molecule has 190 valence electrons. The van der Waals surface area contributed by atoms with Crippen molar-refractivity contribution < 1.29 is 31.6 Å². The molecule has 0 saturated carbocycles. The summed E-state index contributed by atoms with van der Waals surface area (Å²) in [5, 5.41) is 0. The van der Waals surface area contributed by atoms with Gasteiger partial charge in [0.15, 0.2) is 0 Å². The maximum absolute atomic E-state index is 12.1. The average molecular weight is 506 g/mol. The molecule has 2 fully saturated rings. The van der Waals surface area contributed by atoms with Crippen LogP contribution in [0.4, 0.5) is 4.79 Å². The number of piperidine rings is 1. The lowest BCUT2D eigenvalue weighted by Gasteiger charge is -2.31. The normalized spacial score (nSPS) is 21.1. The zero-order valence-corrected chi connectivity index (χ0v) is 21.0. The highest BCUT2D eigenvalue weighted by atomic mass is 32.2. The molecule has 11 heteroatoms. The molecule has 1 amide bonds. The van der Waals surface area contributed by atoms with Crippen LogP contribution in [0.1, 0.15) is 37.8 Å². The number of nitrogens with zero attached hydrogens (tertiary/aromatic N) is 3. The number of carbonyl (C=O) groups is 1. The van der Waals surface area contributed by atoms with Crippen LogP contribution < -0.4 is 9.47 Å². The second-order valence-corrected chi connectivity index (χ2v) is 9.81. The monoisotopic (exact) mass is 505 g/mol. The number of ether oxygens (including phenoxy) is 3. The number of aromatic nitrogens is 2. The second-order valence-electron chi connectivity index (χ2n) is 8.94. The molecule has 0 N–H and O–H groups in total. The first kappa shape index (κ1) is 25.3. The highest BCUT2D eigenvalue weighted by Crippen LogP contribution is 2.29. The minimum atomic E-state index is -1.62. The molecule has 0 atom stereocenters. The summed E-state index contributed by atoms with van der Waals surface area (Å²) in [6.07, 6.45) is 3.11. The number of rotatable bonds is 7. The number of hydrogen-bond donors (Lipinski definition) is 0. The number of likely N-dealkylation sites (tertiary alicyclic amines) is 1. The van der Waals surface area contributed by atoms with Gasteiger partial charge in [-0.2, -0.15) is 4.21 Å². The van der Waals surface area contributed by atoms with Crippen LogP contribution in [0.3, 0.4) is 0 Å². The first-order valence-corrected chi connectivity index (χ1v) is 12.8. The Morgan fingerprint density at radius 3 is 2.43 bits per heavy atom. The Morgan fingerprint density at radius 1 is 1.11 bits per heavy atom. The van der Waals surface area contributed by atoms with Crippen LogP contribution in [-0.4, -0.2) is 63.7 Å². The van der Waals surface area contributed by atoms with Gasteiger partial charge >= 0.3 is 17.5 Å². The van der Waals surface area contributed by atoms with Gasteiger partial charge in [0, 0.05) is 31.8 Å². The Labute approximate surface area is 207 Å². The van der Waals surface area contributed by atoms with E-state index in [9.17, 15) is 9.00 Å². The van der Waals surface area contributed by atoms with E-state index in [1.807, 2.05) is 45.0 Å². The molecular weight excluding hydrogens is 474 g/mol. The third kappa shape index (κ3) is 7.12. The van der Waals surface area contributed by atoms with Crippen molar-refractivity contribution in [2.45, 2.75) is 52.2 Å². The fraction of sp³-hybridized carbons (Fsp3) is 0.542. The van der Waals surface area contributed by atoms with Gasteiger partial charge in [0.05, 0.1) is 24.9 Å². The van der Waals surface area contributed by atoms with Gasteiger partial charge in [-0.3, -0.25) is 8.37 Å². The van der Waals surface area contributed by atoms with E-state index in [-0.39, 0.29) is 24.2 Å². The lowest BCUT2D eigenvalue weighted by Crippen LogP contribution is -2.42. The summed E-state index contributed by atoms with van der Waals surface area (Å²) < 4.78 is 38.6. The van der Waals surface area contributed by atoms with Gasteiger partial charge in [-0.25, -0.2) is 14.8 Å². The van der Waals surface area contributed by atoms with Crippen molar-refractivity contribution in [3.8, 4) is 17.5 Å². The maximum atomic E-state index is 12.1. The van der Waals surface area contributed by atoms with Crippen LogP contribution in [0.15, 0.2) is 30.6 Å². The van der Waals surface area contributed by atoms with E-state index in [2.05, 4.69) is 9.97 Å². The number of hydrogen-bond acceptors (Lipinski definition) is 9. The second kappa shape index (κ2) is 11.8. The van der Waals surface area contributed by atoms with Crippen molar-refractivity contribution in [2.24, 2.45) is 5.92 Å². The standard InChI is InChI=1S/C24H31N3O7S/c1-16(2)32-24(28)27-10-8-21(9-11-27)34-23-17(3)22(25-15-26-23)33-20-6-4-18(5-7-20)12-19-13-30-35(29)31-14-19/h4-7,15-16,19,21H,8-14H2,1-3H3. The predicted octanol–water partition coefficient (Wildman–Crippen LogP) is 3.75. The largest absolute Gasteiger partial charge is 0.474 e. The van der Waals surface area contributed by atoms with Crippen LogP contribution in [0, 0.1) is 12.8 Å². The molecule has 1 aromatic heterocycles. The number of benzene rings is 1.